The fourth-order valence-electron chi connectivity index (χ4n) is 1.94. The van der Waals surface area contributed by atoms with E-state index < -0.39 is 16.2 Å². The van der Waals surface area contributed by atoms with Crippen molar-refractivity contribution in [2.75, 3.05) is 6.61 Å². The number of carbonyl (C=O) groups is 1. The van der Waals surface area contributed by atoms with Crippen molar-refractivity contribution in [2.24, 2.45) is 4.40 Å². The molecule has 0 unspecified atom stereocenters. The van der Waals surface area contributed by atoms with Gasteiger partial charge in [-0.25, -0.2) is 4.79 Å². The van der Waals surface area contributed by atoms with Crippen LogP contribution >= 0.6 is 0 Å². The molecule has 0 aliphatic carbocycles. The van der Waals surface area contributed by atoms with E-state index in [1.165, 1.54) is 13.1 Å². The lowest BCUT2D eigenvalue weighted by atomic mass is 10.2. The van der Waals surface area contributed by atoms with Crippen LogP contribution in [0, 0.1) is 0 Å². The Kier molecular flexibility index (Phi) is 4.97. The molecule has 0 spiro atoms. The second-order valence-corrected chi connectivity index (χ2v) is 6.41. The summed E-state index contributed by atoms with van der Waals surface area (Å²) in [5, 5.41) is 0. The zero-order chi connectivity index (χ0) is 16.2. The van der Waals surface area contributed by atoms with Crippen LogP contribution in [0.25, 0.3) is 0 Å². The molecule has 0 bridgehead atoms. The number of rotatable bonds is 5. The van der Waals surface area contributed by atoms with E-state index in [1.54, 1.807) is 0 Å². The summed E-state index contributed by atoms with van der Waals surface area (Å²) < 4.78 is 34.0. The van der Waals surface area contributed by atoms with Crippen molar-refractivity contribution in [2.45, 2.75) is 26.8 Å². The first-order valence-electron chi connectivity index (χ1n) is 6.95. The van der Waals surface area contributed by atoms with Gasteiger partial charge in [-0.2, -0.15) is 8.42 Å². The molecular formula is C15H18N2O4S. The second kappa shape index (κ2) is 6.74. The van der Waals surface area contributed by atoms with Crippen LogP contribution in [0.5, 0.6) is 0 Å². The van der Waals surface area contributed by atoms with E-state index in [1.807, 2.05) is 37.3 Å². The number of nitrogens with zero attached hydrogens (tertiary/aromatic N) is 2. The fraction of sp³-hybridized carbons (Fsp3) is 0.333. The quantitative estimate of drug-likeness (QED) is 0.777. The number of ether oxygens (including phenoxy) is 1. The summed E-state index contributed by atoms with van der Waals surface area (Å²) in [5.41, 5.74) is 1.11. The monoisotopic (exact) mass is 322 g/mol. The molecule has 0 N–H and O–H groups in total. The Bertz CT molecular complexity index is 708. The molecule has 0 radical (unpaired) electrons. The van der Waals surface area contributed by atoms with Gasteiger partial charge in [-0.15, -0.1) is 4.40 Å². The first-order valence-corrected chi connectivity index (χ1v) is 8.35. The summed E-state index contributed by atoms with van der Waals surface area (Å²) in [6.45, 7) is 3.77. The van der Waals surface area contributed by atoms with Gasteiger partial charge in [-0.1, -0.05) is 37.3 Å². The third kappa shape index (κ3) is 3.73. The number of hydrogen-bond acceptors (Lipinski definition) is 4. The maximum atomic E-state index is 12.1. The van der Waals surface area contributed by atoms with Crippen LogP contribution in [0.1, 0.15) is 25.8 Å². The third-order valence-corrected chi connectivity index (χ3v) is 4.38. The van der Waals surface area contributed by atoms with Gasteiger partial charge < -0.3 is 4.74 Å². The molecule has 1 aromatic rings. The Morgan fingerprint density at radius 1 is 1.27 bits per heavy atom. The molecule has 0 amide bonds. The van der Waals surface area contributed by atoms with Gasteiger partial charge in [0.15, 0.2) is 0 Å². The zero-order valence-electron chi connectivity index (χ0n) is 12.5. The topological polar surface area (TPSA) is 76.0 Å². The standard InChI is InChI=1S/C15H18N2O4S/c1-3-9-21-15(18)14-11-17(22(19,20)16-12(14)2)10-13-7-5-4-6-8-13/h4-8,11H,3,9-10H2,1-2H3. The van der Waals surface area contributed by atoms with Crippen LogP contribution < -0.4 is 0 Å². The minimum atomic E-state index is -3.82. The van der Waals surface area contributed by atoms with Crippen molar-refractivity contribution in [1.29, 1.82) is 0 Å². The normalized spacial score (nSPS) is 16.7. The van der Waals surface area contributed by atoms with E-state index >= 15 is 0 Å². The lowest BCUT2D eigenvalue weighted by Crippen LogP contribution is -2.31. The van der Waals surface area contributed by atoms with E-state index in [-0.39, 0.29) is 24.4 Å². The molecule has 1 aliphatic rings. The maximum absolute atomic E-state index is 12.1. The first kappa shape index (κ1) is 16.2. The second-order valence-electron chi connectivity index (χ2n) is 4.86. The smallest absolute Gasteiger partial charge is 0.344 e. The Balaban J connectivity index is 2.27. The van der Waals surface area contributed by atoms with Crippen LogP contribution in [0.2, 0.25) is 0 Å². The number of hydrogen-bond donors (Lipinski definition) is 0. The molecule has 22 heavy (non-hydrogen) atoms. The number of benzene rings is 1. The SMILES string of the molecule is CCCOC(=O)C1=CN(Cc2ccccc2)S(=O)(=O)N=C1C. The number of carbonyl (C=O) groups excluding carboxylic acids is 1. The molecule has 0 aromatic heterocycles. The van der Waals surface area contributed by atoms with E-state index in [9.17, 15) is 13.2 Å². The van der Waals surface area contributed by atoms with Gasteiger partial charge >= 0.3 is 16.2 Å². The molecule has 1 aliphatic heterocycles. The Morgan fingerprint density at radius 2 is 1.95 bits per heavy atom. The Morgan fingerprint density at radius 3 is 2.59 bits per heavy atom. The molecule has 1 aromatic carbocycles. The molecule has 7 heteroatoms. The minimum absolute atomic E-state index is 0.116. The average Bonchev–Trinajstić information content (AvgIpc) is 2.48. The van der Waals surface area contributed by atoms with Gasteiger partial charge in [0, 0.05) is 6.20 Å². The van der Waals surface area contributed by atoms with E-state index in [0.29, 0.717) is 6.42 Å². The van der Waals surface area contributed by atoms with Crippen LogP contribution in [-0.2, 0) is 26.3 Å². The average molecular weight is 322 g/mol. The minimum Gasteiger partial charge on any atom is -0.462 e. The molecule has 0 atom stereocenters. The van der Waals surface area contributed by atoms with Crippen molar-refractivity contribution in [3.8, 4) is 0 Å². The van der Waals surface area contributed by atoms with Crippen molar-refractivity contribution < 1.29 is 17.9 Å². The fourth-order valence-corrected chi connectivity index (χ4v) is 3.04. The van der Waals surface area contributed by atoms with Gasteiger partial charge in [0.25, 0.3) is 0 Å². The largest absolute Gasteiger partial charge is 0.462 e. The predicted octanol–water partition coefficient (Wildman–Crippen LogP) is 2.04. The van der Waals surface area contributed by atoms with Crippen LogP contribution in [0.15, 0.2) is 46.5 Å². The van der Waals surface area contributed by atoms with E-state index in [2.05, 4.69) is 4.40 Å². The highest BCUT2D eigenvalue weighted by Gasteiger charge is 2.28. The van der Waals surface area contributed by atoms with E-state index in [0.717, 1.165) is 9.87 Å². The zero-order valence-corrected chi connectivity index (χ0v) is 13.3. The summed E-state index contributed by atoms with van der Waals surface area (Å²) in [7, 11) is -3.82. The van der Waals surface area contributed by atoms with Crippen LogP contribution in [0.4, 0.5) is 0 Å². The molecule has 118 valence electrons. The summed E-state index contributed by atoms with van der Waals surface area (Å²) in [6, 6.07) is 9.11. The number of esters is 1. The maximum Gasteiger partial charge on any atom is 0.344 e. The van der Waals surface area contributed by atoms with Crippen molar-refractivity contribution in [3.63, 3.8) is 0 Å². The first-order chi connectivity index (χ1) is 10.4. The molecule has 6 nitrogen and oxygen atoms in total. The summed E-state index contributed by atoms with van der Waals surface area (Å²) in [4.78, 5) is 12.0. The third-order valence-electron chi connectivity index (χ3n) is 3.05. The van der Waals surface area contributed by atoms with Gasteiger partial charge in [0.05, 0.1) is 24.4 Å². The predicted molar refractivity (Wildman–Crippen MR) is 83.3 cm³/mol. The Labute approximate surface area is 130 Å². The van der Waals surface area contributed by atoms with Crippen LogP contribution in [-0.4, -0.2) is 31.0 Å². The van der Waals surface area contributed by atoms with Gasteiger partial charge in [0.1, 0.15) is 0 Å². The lowest BCUT2D eigenvalue weighted by Gasteiger charge is -2.23. The van der Waals surface area contributed by atoms with Gasteiger partial charge in [-0.3, -0.25) is 4.31 Å². The highest BCUT2D eigenvalue weighted by atomic mass is 32.2. The highest BCUT2D eigenvalue weighted by molar-refractivity contribution is 7.88. The molecule has 1 heterocycles. The van der Waals surface area contributed by atoms with Crippen molar-refractivity contribution in [3.05, 3.63) is 47.7 Å². The molecule has 0 saturated heterocycles. The molecular weight excluding hydrogens is 304 g/mol. The summed E-state index contributed by atoms with van der Waals surface area (Å²) in [6.07, 6.45) is 1.99. The van der Waals surface area contributed by atoms with Crippen molar-refractivity contribution in [1.82, 2.24) is 4.31 Å². The Hall–Kier alpha value is -2.15. The summed E-state index contributed by atoms with van der Waals surface area (Å²) >= 11 is 0. The highest BCUT2D eigenvalue weighted by Crippen LogP contribution is 2.20. The molecule has 0 saturated carbocycles. The molecule has 2 rings (SSSR count). The van der Waals surface area contributed by atoms with E-state index in [4.69, 9.17) is 4.74 Å². The van der Waals surface area contributed by atoms with Gasteiger partial charge in [0.2, 0.25) is 0 Å². The summed E-state index contributed by atoms with van der Waals surface area (Å²) in [5.74, 6) is -0.559. The van der Waals surface area contributed by atoms with Gasteiger partial charge in [-0.05, 0) is 18.9 Å². The lowest BCUT2D eigenvalue weighted by molar-refractivity contribution is -0.138. The molecule has 0 fully saturated rings. The van der Waals surface area contributed by atoms with Crippen molar-refractivity contribution >= 4 is 21.9 Å². The van der Waals surface area contributed by atoms with Crippen LogP contribution in [0.3, 0.4) is 0 Å².